The van der Waals surface area contributed by atoms with E-state index in [-0.39, 0.29) is 5.97 Å². The molecule has 0 saturated carbocycles. The quantitative estimate of drug-likeness (QED) is 0.794. The molecule has 3 rings (SSSR count). The van der Waals surface area contributed by atoms with Crippen molar-refractivity contribution in [3.63, 3.8) is 0 Å². The summed E-state index contributed by atoms with van der Waals surface area (Å²) in [6, 6.07) is 7.16. The minimum absolute atomic E-state index is 0.321. The van der Waals surface area contributed by atoms with Crippen LogP contribution >= 0.6 is 0 Å². The largest absolute Gasteiger partial charge is 0.462 e. The normalized spacial score (nSPS) is 14.6. The number of carbonyl (C=O) groups excluding carboxylic acids is 1. The molecule has 138 valence electrons. The van der Waals surface area contributed by atoms with Gasteiger partial charge in [0.05, 0.1) is 17.9 Å². The van der Waals surface area contributed by atoms with Crippen LogP contribution < -0.4 is 16.0 Å². The van der Waals surface area contributed by atoms with E-state index in [1.165, 1.54) is 19.2 Å². The van der Waals surface area contributed by atoms with Crippen LogP contribution in [0.15, 0.2) is 30.6 Å². The molecular weight excluding hydrogens is 330 g/mol. The molecule has 7 heteroatoms. The van der Waals surface area contributed by atoms with Gasteiger partial charge in [-0.3, -0.25) is 0 Å². The molecule has 0 radical (unpaired) electrons. The third-order valence-electron chi connectivity index (χ3n) is 4.44. The zero-order chi connectivity index (χ0) is 18.4. The number of nitrogens with one attached hydrogen (secondary N) is 1. The second-order valence-electron chi connectivity index (χ2n) is 6.25. The number of anilines is 4. The first-order valence-electron chi connectivity index (χ1n) is 9.09. The predicted molar refractivity (Wildman–Crippen MR) is 103 cm³/mol. The molecule has 0 aliphatic carbocycles. The Balaban J connectivity index is 1.87. The lowest BCUT2D eigenvalue weighted by Gasteiger charge is -2.23. The van der Waals surface area contributed by atoms with Crippen LogP contribution in [0.2, 0.25) is 0 Å². The second kappa shape index (κ2) is 8.51. The first-order chi connectivity index (χ1) is 12.7. The Bertz CT molecular complexity index is 757. The second-order valence-corrected chi connectivity index (χ2v) is 6.25. The van der Waals surface area contributed by atoms with Gasteiger partial charge in [-0.05, 0) is 31.9 Å². The summed E-state index contributed by atoms with van der Waals surface area (Å²) in [4.78, 5) is 23.0. The van der Waals surface area contributed by atoms with Crippen LogP contribution in [0.5, 0.6) is 0 Å². The van der Waals surface area contributed by atoms with Crippen molar-refractivity contribution in [1.82, 2.24) is 9.97 Å². The van der Waals surface area contributed by atoms with Gasteiger partial charge >= 0.3 is 5.97 Å². The van der Waals surface area contributed by atoms with Gasteiger partial charge in [0.25, 0.3) is 0 Å². The van der Waals surface area contributed by atoms with E-state index in [4.69, 9.17) is 10.5 Å². The van der Waals surface area contributed by atoms with Crippen LogP contribution in [0.25, 0.3) is 0 Å². The van der Waals surface area contributed by atoms with Gasteiger partial charge < -0.3 is 20.7 Å². The van der Waals surface area contributed by atoms with E-state index >= 15 is 0 Å². The maximum absolute atomic E-state index is 12.2. The van der Waals surface area contributed by atoms with Crippen molar-refractivity contribution < 1.29 is 9.53 Å². The van der Waals surface area contributed by atoms with Gasteiger partial charge in [-0.15, -0.1) is 0 Å². The van der Waals surface area contributed by atoms with E-state index in [2.05, 4.69) is 20.2 Å². The molecule has 0 atom stereocenters. The lowest BCUT2D eigenvalue weighted by molar-refractivity contribution is 0.0527. The summed E-state index contributed by atoms with van der Waals surface area (Å²) in [5, 5.41) is 3.17. The number of carbonyl (C=O) groups is 1. The van der Waals surface area contributed by atoms with Gasteiger partial charge in [0.15, 0.2) is 11.6 Å². The van der Waals surface area contributed by atoms with Crippen molar-refractivity contribution in [2.24, 2.45) is 0 Å². The molecule has 3 N–H and O–H groups in total. The number of benzene rings is 1. The maximum atomic E-state index is 12.2. The van der Waals surface area contributed by atoms with E-state index in [1.807, 2.05) is 6.07 Å². The maximum Gasteiger partial charge on any atom is 0.340 e. The zero-order valence-corrected chi connectivity index (χ0v) is 15.1. The number of nitrogens with two attached hydrogens (primary N) is 1. The lowest BCUT2D eigenvalue weighted by atomic mass is 10.1. The topological polar surface area (TPSA) is 93.4 Å². The van der Waals surface area contributed by atoms with Crippen LogP contribution in [-0.4, -0.2) is 35.6 Å². The fourth-order valence-corrected chi connectivity index (χ4v) is 3.13. The smallest absolute Gasteiger partial charge is 0.340 e. The van der Waals surface area contributed by atoms with Crippen molar-refractivity contribution in [3.8, 4) is 0 Å². The van der Waals surface area contributed by atoms with E-state index < -0.39 is 0 Å². The van der Waals surface area contributed by atoms with Crippen molar-refractivity contribution in [3.05, 3.63) is 36.2 Å². The summed E-state index contributed by atoms with van der Waals surface area (Å²) >= 11 is 0. The fraction of sp³-hybridized carbons (Fsp3) is 0.421. The van der Waals surface area contributed by atoms with Crippen LogP contribution in [0.3, 0.4) is 0 Å². The van der Waals surface area contributed by atoms with E-state index in [0.717, 1.165) is 31.7 Å². The summed E-state index contributed by atoms with van der Waals surface area (Å²) in [5.41, 5.74) is 7.90. The highest BCUT2D eigenvalue weighted by Gasteiger charge is 2.18. The predicted octanol–water partition coefficient (Wildman–Crippen LogP) is 3.36. The molecule has 0 spiro atoms. The SMILES string of the molecule is CCOC(=O)c1ccccc1Nc1ncnc(N2CCCCCC2)c1N. The molecule has 1 aliphatic rings. The molecule has 1 aliphatic heterocycles. The van der Waals surface area contributed by atoms with Crippen LogP contribution in [0.1, 0.15) is 43.0 Å². The zero-order valence-electron chi connectivity index (χ0n) is 15.1. The minimum Gasteiger partial charge on any atom is -0.462 e. The summed E-state index contributed by atoms with van der Waals surface area (Å²) in [7, 11) is 0. The van der Waals surface area contributed by atoms with Crippen LogP contribution in [0, 0.1) is 0 Å². The Morgan fingerprint density at radius 3 is 2.65 bits per heavy atom. The number of nitrogen functional groups attached to an aromatic ring is 1. The van der Waals surface area contributed by atoms with Gasteiger partial charge in [0.1, 0.15) is 12.0 Å². The molecule has 2 heterocycles. The average molecular weight is 355 g/mol. The summed E-state index contributed by atoms with van der Waals surface area (Å²) in [6.07, 6.45) is 6.25. The number of hydrogen-bond donors (Lipinski definition) is 2. The molecule has 1 saturated heterocycles. The summed E-state index contributed by atoms with van der Waals surface area (Å²) in [5.74, 6) is 0.866. The number of aromatic nitrogens is 2. The number of esters is 1. The molecule has 1 aromatic carbocycles. The Morgan fingerprint density at radius 2 is 1.92 bits per heavy atom. The van der Waals surface area contributed by atoms with Gasteiger partial charge in [-0.1, -0.05) is 25.0 Å². The third kappa shape index (κ3) is 4.04. The van der Waals surface area contributed by atoms with Crippen LogP contribution in [0.4, 0.5) is 23.0 Å². The Kier molecular flexibility index (Phi) is 5.88. The molecule has 0 bridgehead atoms. The third-order valence-corrected chi connectivity index (χ3v) is 4.44. The van der Waals surface area contributed by atoms with Crippen molar-refractivity contribution in [2.75, 3.05) is 35.6 Å². The van der Waals surface area contributed by atoms with E-state index in [0.29, 0.717) is 29.4 Å². The lowest BCUT2D eigenvalue weighted by Crippen LogP contribution is -2.26. The number of para-hydroxylation sites is 1. The highest BCUT2D eigenvalue weighted by Crippen LogP contribution is 2.31. The van der Waals surface area contributed by atoms with Gasteiger partial charge in [-0.2, -0.15) is 0 Å². The standard InChI is InChI=1S/C19H25N5O2/c1-2-26-19(25)14-9-5-6-10-15(14)23-17-16(20)18(22-13-21-17)24-11-7-3-4-8-12-24/h5-6,9-10,13H,2-4,7-8,11-12,20H2,1H3,(H,21,22,23). The highest BCUT2D eigenvalue weighted by molar-refractivity contribution is 5.97. The Hall–Kier alpha value is -2.83. The van der Waals surface area contributed by atoms with Crippen molar-refractivity contribution in [2.45, 2.75) is 32.6 Å². The monoisotopic (exact) mass is 355 g/mol. The molecular formula is C19H25N5O2. The number of rotatable bonds is 5. The van der Waals surface area contributed by atoms with Crippen LogP contribution in [-0.2, 0) is 4.74 Å². The van der Waals surface area contributed by atoms with Crippen molar-refractivity contribution >= 4 is 29.0 Å². The first-order valence-corrected chi connectivity index (χ1v) is 9.09. The van der Waals surface area contributed by atoms with E-state index in [1.54, 1.807) is 25.1 Å². The number of nitrogens with zero attached hydrogens (tertiary/aromatic N) is 3. The summed E-state index contributed by atoms with van der Waals surface area (Å²) in [6.45, 7) is 3.99. The average Bonchev–Trinajstić information content (AvgIpc) is 2.93. The van der Waals surface area contributed by atoms with Gasteiger partial charge in [0, 0.05) is 13.1 Å². The first kappa shape index (κ1) is 18.0. The van der Waals surface area contributed by atoms with Gasteiger partial charge in [-0.25, -0.2) is 14.8 Å². The summed E-state index contributed by atoms with van der Waals surface area (Å²) < 4.78 is 5.12. The molecule has 0 amide bonds. The fourth-order valence-electron chi connectivity index (χ4n) is 3.13. The Labute approximate surface area is 153 Å². The molecule has 2 aromatic rings. The van der Waals surface area contributed by atoms with Gasteiger partial charge in [0.2, 0.25) is 0 Å². The molecule has 1 aromatic heterocycles. The molecule has 1 fully saturated rings. The number of ether oxygens (including phenoxy) is 1. The minimum atomic E-state index is -0.379. The highest BCUT2D eigenvalue weighted by atomic mass is 16.5. The Morgan fingerprint density at radius 1 is 1.19 bits per heavy atom. The molecule has 26 heavy (non-hydrogen) atoms. The molecule has 0 unspecified atom stereocenters. The van der Waals surface area contributed by atoms with E-state index in [9.17, 15) is 4.79 Å². The molecule has 7 nitrogen and oxygen atoms in total. The number of hydrogen-bond acceptors (Lipinski definition) is 7. The van der Waals surface area contributed by atoms with Crippen molar-refractivity contribution in [1.29, 1.82) is 0 Å².